The van der Waals surface area contributed by atoms with Gasteiger partial charge in [0.2, 0.25) is 15.9 Å². The summed E-state index contributed by atoms with van der Waals surface area (Å²) in [6.45, 7) is 3.87. The van der Waals surface area contributed by atoms with Gasteiger partial charge in [0.1, 0.15) is 35.3 Å². The van der Waals surface area contributed by atoms with Gasteiger partial charge in [-0.1, -0.05) is 18.2 Å². The zero-order valence-electron chi connectivity index (χ0n) is 23.3. The Kier molecular flexibility index (Phi) is 6.69. The first kappa shape index (κ1) is 27.1. The van der Waals surface area contributed by atoms with Crippen LogP contribution in [0.1, 0.15) is 23.0 Å². The lowest BCUT2D eigenvalue weighted by molar-refractivity contribution is 0.0954. The third kappa shape index (κ3) is 4.85. The quantitative estimate of drug-likeness (QED) is 0.213. The van der Waals surface area contributed by atoms with E-state index in [0.717, 1.165) is 17.5 Å². The number of sulfonamides is 1. The summed E-state index contributed by atoms with van der Waals surface area (Å²) in [6.07, 6.45) is 7.21. The molecule has 0 fully saturated rings. The van der Waals surface area contributed by atoms with Gasteiger partial charge in [0.05, 0.1) is 24.8 Å². The number of benzene rings is 1. The summed E-state index contributed by atoms with van der Waals surface area (Å²) in [5, 5.41) is 4.16. The van der Waals surface area contributed by atoms with Crippen LogP contribution < -0.4 is 25.1 Å². The molecule has 5 aromatic rings. The number of H-pyrrole nitrogens is 1. The van der Waals surface area contributed by atoms with E-state index in [1.54, 1.807) is 28.0 Å². The molecule has 216 valence electrons. The Morgan fingerprint density at radius 2 is 1.90 bits per heavy atom. The molecule has 1 aliphatic heterocycles. The van der Waals surface area contributed by atoms with Crippen LogP contribution in [-0.2, 0) is 10.0 Å². The lowest BCUT2D eigenvalue weighted by Gasteiger charge is -2.41. The predicted octanol–water partition coefficient (Wildman–Crippen LogP) is 3.54. The van der Waals surface area contributed by atoms with E-state index in [0.29, 0.717) is 33.7 Å². The summed E-state index contributed by atoms with van der Waals surface area (Å²) >= 11 is 0. The molecule has 0 bridgehead atoms. The van der Waals surface area contributed by atoms with Gasteiger partial charge in [-0.25, -0.2) is 23.4 Å². The highest BCUT2D eigenvalue weighted by molar-refractivity contribution is 7.92. The Morgan fingerprint density at radius 3 is 2.64 bits per heavy atom. The number of carbonyl (C=O) groups excluding carboxylic acids is 1. The number of para-hydroxylation sites is 1. The lowest BCUT2D eigenvalue weighted by Crippen LogP contribution is -2.59. The van der Waals surface area contributed by atoms with E-state index >= 15 is 0 Å². The number of nitrogens with zero attached hydrogens (tertiary/aromatic N) is 5. The van der Waals surface area contributed by atoms with Crippen molar-refractivity contribution in [2.24, 2.45) is 0 Å². The maximum Gasteiger partial charge on any atom is 0.278 e. The number of amides is 1. The van der Waals surface area contributed by atoms with E-state index in [2.05, 4.69) is 35.4 Å². The van der Waals surface area contributed by atoms with Crippen molar-refractivity contribution >= 4 is 44.2 Å². The minimum Gasteiger partial charge on any atom is -0.480 e. The van der Waals surface area contributed by atoms with Gasteiger partial charge in [-0.15, -0.1) is 0 Å². The SMILES string of the molecule is COc1ncc(-c2c[nH]c3ncnc(N[C@@H](C)C4Nn5ccc(C)c5C(=O)N4c4ccccc4)c23)cc1NS(C)(=O)=O. The van der Waals surface area contributed by atoms with Gasteiger partial charge in [-0.05, 0) is 43.7 Å². The third-order valence-corrected chi connectivity index (χ3v) is 7.64. The summed E-state index contributed by atoms with van der Waals surface area (Å²) < 4.78 is 33.4. The molecular weight excluding hydrogens is 558 g/mol. The molecule has 6 rings (SSSR count). The Balaban J connectivity index is 1.39. The van der Waals surface area contributed by atoms with E-state index in [4.69, 9.17) is 4.74 Å². The van der Waals surface area contributed by atoms with Crippen LogP contribution in [-0.4, -0.2) is 64.5 Å². The molecule has 1 amide bonds. The molecule has 2 atom stereocenters. The fourth-order valence-corrected chi connectivity index (χ4v) is 5.73. The number of ether oxygens (including phenoxy) is 1. The van der Waals surface area contributed by atoms with Gasteiger partial charge in [0.15, 0.2) is 0 Å². The molecule has 0 spiro atoms. The van der Waals surface area contributed by atoms with E-state index in [9.17, 15) is 13.2 Å². The van der Waals surface area contributed by atoms with Gasteiger partial charge in [-0.3, -0.25) is 19.1 Å². The van der Waals surface area contributed by atoms with Crippen LogP contribution in [0, 0.1) is 6.92 Å². The number of hydrogen-bond donors (Lipinski definition) is 4. The van der Waals surface area contributed by atoms with Crippen LogP contribution in [0.3, 0.4) is 0 Å². The number of methoxy groups -OCH3 is 1. The topological polar surface area (TPSA) is 159 Å². The van der Waals surface area contributed by atoms with Crippen LogP contribution >= 0.6 is 0 Å². The largest absolute Gasteiger partial charge is 0.480 e. The van der Waals surface area contributed by atoms with Crippen molar-refractivity contribution in [3.63, 3.8) is 0 Å². The normalized spacial score (nSPS) is 15.7. The van der Waals surface area contributed by atoms with Gasteiger partial charge >= 0.3 is 0 Å². The molecule has 4 aromatic heterocycles. The van der Waals surface area contributed by atoms with E-state index < -0.39 is 16.2 Å². The molecule has 14 heteroatoms. The van der Waals surface area contributed by atoms with Crippen LogP contribution in [0.25, 0.3) is 22.2 Å². The molecule has 0 radical (unpaired) electrons. The minimum atomic E-state index is -3.58. The summed E-state index contributed by atoms with van der Waals surface area (Å²) in [7, 11) is -2.17. The number of aryl methyl sites for hydroxylation is 1. The number of rotatable bonds is 8. The lowest BCUT2D eigenvalue weighted by atomic mass is 10.1. The summed E-state index contributed by atoms with van der Waals surface area (Å²) in [5.74, 6) is 0.543. The number of aromatic nitrogens is 5. The second-order valence-corrected chi connectivity index (χ2v) is 11.8. The van der Waals surface area contributed by atoms with Crippen LogP contribution in [0.15, 0.2) is 67.4 Å². The second kappa shape index (κ2) is 10.4. The average Bonchev–Trinajstić information content (AvgIpc) is 3.57. The number of anilines is 3. The van der Waals surface area contributed by atoms with Gasteiger partial charge in [0.25, 0.3) is 5.91 Å². The molecule has 1 aliphatic rings. The highest BCUT2D eigenvalue weighted by Gasteiger charge is 2.37. The first-order valence-corrected chi connectivity index (χ1v) is 15.0. The Bertz CT molecular complexity index is 1900. The molecule has 1 aromatic carbocycles. The molecule has 5 heterocycles. The van der Waals surface area contributed by atoms with Crippen LogP contribution in [0.2, 0.25) is 0 Å². The number of fused-ring (bicyclic) bond motifs is 2. The van der Waals surface area contributed by atoms with Gasteiger partial charge in [0, 0.05) is 35.4 Å². The first-order valence-electron chi connectivity index (χ1n) is 13.1. The second-order valence-electron chi connectivity index (χ2n) is 10.0. The number of pyridine rings is 1. The molecule has 13 nitrogen and oxygen atoms in total. The highest BCUT2D eigenvalue weighted by Crippen LogP contribution is 2.36. The molecule has 4 N–H and O–H groups in total. The van der Waals surface area contributed by atoms with Crippen molar-refractivity contribution in [2.75, 3.05) is 33.7 Å². The summed E-state index contributed by atoms with van der Waals surface area (Å²) in [6, 6.07) is 12.7. The van der Waals surface area contributed by atoms with Crippen LogP contribution in [0.4, 0.5) is 17.2 Å². The van der Waals surface area contributed by atoms with E-state index in [1.807, 2.05) is 56.4 Å². The molecule has 1 unspecified atom stereocenters. The molecule has 0 aliphatic carbocycles. The monoisotopic (exact) mass is 587 g/mol. The zero-order valence-corrected chi connectivity index (χ0v) is 24.1. The number of nitrogens with one attached hydrogen (secondary N) is 4. The smallest absolute Gasteiger partial charge is 0.278 e. The summed E-state index contributed by atoms with van der Waals surface area (Å²) in [5.41, 5.74) is 7.75. The zero-order chi connectivity index (χ0) is 29.6. The fourth-order valence-electron chi connectivity index (χ4n) is 5.18. The molecule has 0 saturated carbocycles. The minimum absolute atomic E-state index is 0.119. The number of hydrogen-bond acceptors (Lipinski definition) is 9. The predicted molar refractivity (Wildman–Crippen MR) is 161 cm³/mol. The van der Waals surface area contributed by atoms with Crippen molar-refractivity contribution < 1.29 is 17.9 Å². The highest BCUT2D eigenvalue weighted by atomic mass is 32.2. The number of aromatic amines is 1. The molecular formula is C28H29N9O4S. The standard InChI is InChI=1S/C28H29N9O4S/c1-16-10-11-36-23(16)28(38)37(19-8-6-5-7-9-19)26(34-36)17(2)33-25-22-20(14-29-24(22)31-15-32-25)18-12-21(35-42(4,39)40)27(41-3)30-13-18/h5-15,17,26,34-35H,1-4H3,(H2,29,31,32,33)/t17-,26?/m0/s1. The van der Waals surface area contributed by atoms with Crippen molar-refractivity contribution in [1.29, 1.82) is 0 Å². The maximum atomic E-state index is 13.8. The van der Waals surface area contributed by atoms with Crippen molar-refractivity contribution in [1.82, 2.24) is 24.6 Å². The molecule has 42 heavy (non-hydrogen) atoms. The van der Waals surface area contributed by atoms with Gasteiger partial charge < -0.3 is 20.5 Å². The van der Waals surface area contributed by atoms with Crippen molar-refractivity contribution in [3.8, 4) is 17.0 Å². The Morgan fingerprint density at radius 1 is 1.12 bits per heavy atom. The van der Waals surface area contributed by atoms with E-state index in [1.165, 1.54) is 13.4 Å². The Labute approximate surface area is 242 Å². The first-order chi connectivity index (χ1) is 20.1. The van der Waals surface area contributed by atoms with Crippen LogP contribution in [0.5, 0.6) is 5.88 Å². The average molecular weight is 588 g/mol. The van der Waals surface area contributed by atoms with E-state index in [-0.39, 0.29) is 23.5 Å². The maximum absolute atomic E-state index is 13.8. The Hall–Kier alpha value is -5.11. The molecule has 0 saturated heterocycles. The number of carbonyl (C=O) groups is 1. The summed E-state index contributed by atoms with van der Waals surface area (Å²) in [4.78, 5) is 31.9. The third-order valence-electron chi connectivity index (χ3n) is 7.05. The fraction of sp³-hybridized carbons (Fsp3) is 0.214. The van der Waals surface area contributed by atoms with Crippen molar-refractivity contribution in [2.45, 2.75) is 26.1 Å². The van der Waals surface area contributed by atoms with Gasteiger partial charge in [-0.2, -0.15) is 0 Å². The van der Waals surface area contributed by atoms with Crippen molar-refractivity contribution in [3.05, 3.63) is 78.6 Å².